The molecule has 1 N–H and O–H groups in total. The molecule has 0 aliphatic carbocycles. The molecular formula is C21H14N2O4S. The van der Waals surface area contributed by atoms with Crippen LogP contribution < -0.4 is 9.47 Å². The van der Waals surface area contributed by atoms with Crippen LogP contribution in [-0.2, 0) is 4.79 Å². The van der Waals surface area contributed by atoms with Crippen LogP contribution in [0.3, 0.4) is 0 Å². The van der Waals surface area contributed by atoms with E-state index in [0.29, 0.717) is 33.3 Å². The van der Waals surface area contributed by atoms with Crippen LogP contribution in [0.5, 0.6) is 11.5 Å². The highest BCUT2D eigenvalue weighted by Gasteiger charge is 2.24. The maximum absolute atomic E-state index is 11.8. The third kappa shape index (κ3) is 3.50. The maximum atomic E-state index is 11.8. The average Bonchev–Trinajstić information content (AvgIpc) is 3.20. The molecule has 28 heavy (non-hydrogen) atoms. The van der Waals surface area contributed by atoms with Crippen LogP contribution in [0.1, 0.15) is 16.4 Å². The second kappa shape index (κ2) is 7.62. The molecule has 3 aromatic rings. The minimum Gasteiger partial charge on any atom is -0.480 e. The molecule has 138 valence electrons. The van der Waals surface area contributed by atoms with E-state index in [9.17, 15) is 15.2 Å². The van der Waals surface area contributed by atoms with E-state index in [1.165, 1.54) is 0 Å². The molecule has 1 aliphatic heterocycles. The Labute approximate surface area is 165 Å². The summed E-state index contributed by atoms with van der Waals surface area (Å²) < 4.78 is 10.7. The molecule has 0 radical (unpaired) electrons. The smallest absolute Gasteiger partial charge is 0.321 e. The first kappa shape index (κ1) is 17.9. The van der Waals surface area contributed by atoms with Crippen molar-refractivity contribution in [1.29, 1.82) is 5.26 Å². The Bertz CT molecular complexity index is 1080. The minimum atomic E-state index is -0.990. The number of thioether (sulfide) groups is 1. The van der Waals surface area contributed by atoms with E-state index >= 15 is 0 Å². The molecule has 1 aromatic heterocycles. The fourth-order valence-electron chi connectivity index (χ4n) is 2.83. The first-order valence-electron chi connectivity index (χ1n) is 8.41. The first-order valence-corrected chi connectivity index (χ1v) is 9.29. The van der Waals surface area contributed by atoms with Gasteiger partial charge < -0.3 is 14.6 Å². The van der Waals surface area contributed by atoms with Crippen molar-refractivity contribution in [3.05, 3.63) is 71.8 Å². The Hall–Kier alpha value is -3.50. The van der Waals surface area contributed by atoms with E-state index in [-0.39, 0.29) is 6.79 Å². The highest BCUT2D eigenvalue weighted by Crippen LogP contribution is 2.39. The Balaban J connectivity index is 1.71. The normalized spacial score (nSPS) is 13.0. The lowest BCUT2D eigenvalue weighted by atomic mass is 10.1. The average molecular weight is 390 g/mol. The van der Waals surface area contributed by atoms with Crippen LogP contribution in [0, 0.1) is 11.3 Å². The molecule has 1 aliphatic rings. The number of carbonyl (C=O) groups is 1. The summed E-state index contributed by atoms with van der Waals surface area (Å²) in [6.07, 6.45) is 0. The number of rotatable bonds is 5. The Morgan fingerprint density at radius 3 is 2.64 bits per heavy atom. The molecule has 0 fully saturated rings. The van der Waals surface area contributed by atoms with Crippen molar-refractivity contribution in [3.63, 3.8) is 0 Å². The van der Waals surface area contributed by atoms with E-state index in [4.69, 9.17) is 9.47 Å². The van der Waals surface area contributed by atoms with Crippen LogP contribution in [0.15, 0.2) is 65.7 Å². The van der Waals surface area contributed by atoms with Crippen molar-refractivity contribution < 1.29 is 19.4 Å². The van der Waals surface area contributed by atoms with E-state index < -0.39 is 11.2 Å². The number of hydrogen-bond donors (Lipinski definition) is 1. The number of nitrogens with zero attached hydrogens (tertiary/aromatic N) is 2. The number of aliphatic carboxylic acids is 1. The summed E-state index contributed by atoms with van der Waals surface area (Å²) in [5, 5.41) is 18.6. The standard InChI is InChI=1S/C21H14N2O4S/c22-11-15-6-8-16(14-7-9-17-18(10-14)27-12-26-17)23-20(15)28-19(21(24)25)13-4-2-1-3-5-13/h1-10,19H,12H2,(H,24,25). The van der Waals surface area contributed by atoms with E-state index in [2.05, 4.69) is 11.1 Å². The van der Waals surface area contributed by atoms with Gasteiger partial charge in [-0.1, -0.05) is 42.1 Å². The SMILES string of the molecule is N#Cc1ccc(-c2ccc3c(c2)OCO3)nc1SC(C(=O)O)c1ccccc1. The van der Waals surface area contributed by atoms with Crippen LogP contribution in [-0.4, -0.2) is 22.9 Å². The first-order chi connectivity index (χ1) is 13.7. The monoisotopic (exact) mass is 390 g/mol. The number of ether oxygens (including phenoxy) is 2. The second-order valence-electron chi connectivity index (χ2n) is 5.98. The summed E-state index contributed by atoms with van der Waals surface area (Å²) in [7, 11) is 0. The largest absolute Gasteiger partial charge is 0.480 e. The molecule has 0 bridgehead atoms. The summed E-state index contributed by atoms with van der Waals surface area (Å²) >= 11 is 1.05. The fourth-order valence-corrected chi connectivity index (χ4v) is 3.84. The summed E-state index contributed by atoms with van der Waals surface area (Å²) in [5.41, 5.74) is 2.38. The van der Waals surface area contributed by atoms with Gasteiger partial charge >= 0.3 is 5.97 Å². The molecule has 1 atom stereocenters. The molecule has 2 aromatic carbocycles. The quantitative estimate of drug-likeness (QED) is 0.651. The second-order valence-corrected chi connectivity index (χ2v) is 7.07. The highest BCUT2D eigenvalue weighted by atomic mass is 32.2. The number of carboxylic acid groups (broad SMARTS) is 1. The van der Waals surface area contributed by atoms with Gasteiger partial charge in [0.25, 0.3) is 0 Å². The molecule has 0 saturated carbocycles. The van der Waals surface area contributed by atoms with Gasteiger partial charge in [0.15, 0.2) is 11.5 Å². The number of nitriles is 1. The zero-order valence-corrected chi connectivity index (χ0v) is 15.3. The van der Waals surface area contributed by atoms with Gasteiger partial charge in [0.2, 0.25) is 6.79 Å². The van der Waals surface area contributed by atoms with Gasteiger partial charge in [-0.2, -0.15) is 5.26 Å². The van der Waals surface area contributed by atoms with Gasteiger partial charge in [-0.15, -0.1) is 0 Å². The van der Waals surface area contributed by atoms with Gasteiger partial charge in [-0.3, -0.25) is 4.79 Å². The number of benzene rings is 2. The van der Waals surface area contributed by atoms with Gasteiger partial charge in [-0.25, -0.2) is 4.98 Å². The van der Waals surface area contributed by atoms with Crippen LogP contribution >= 0.6 is 11.8 Å². The number of pyridine rings is 1. The van der Waals surface area contributed by atoms with Gasteiger partial charge in [0, 0.05) is 5.56 Å². The maximum Gasteiger partial charge on any atom is 0.321 e. The molecule has 0 amide bonds. The highest BCUT2D eigenvalue weighted by molar-refractivity contribution is 8.00. The minimum absolute atomic E-state index is 0.179. The molecule has 0 spiro atoms. The Kier molecular flexibility index (Phi) is 4.87. The van der Waals surface area contributed by atoms with Crippen LogP contribution in [0.4, 0.5) is 0 Å². The Morgan fingerprint density at radius 2 is 1.89 bits per heavy atom. The number of hydrogen-bond acceptors (Lipinski definition) is 6. The number of aromatic nitrogens is 1. The summed E-state index contributed by atoms with van der Waals surface area (Å²) in [4.78, 5) is 16.4. The van der Waals surface area contributed by atoms with Crippen molar-refractivity contribution in [2.24, 2.45) is 0 Å². The lowest BCUT2D eigenvalue weighted by Gasteiger charge is -2.13. The molecule has 6 nitrogen and oxygen atoms in total. The van der Waals surface area contributed by atoms with Crippen LogP contribution in [0.2, 0.25) is 0 Å². The lowest BCUT2D eigenvalue weighted by molar-refractivity contribution is -0.136. The summed E-state index contributed by atoms with van der Waals surface area (Å²) in [6.45, 7) is 0.179. The Morgan fingerprint density at radius 1 is 1.11 bits per heavy atom. The number of fused-ring (bicyclic) bond motifs is 1. The molecular weight excluding hydrogens is 376 g/mol. The van der Waals surface area contributed by atoms with Crippen molar-refractivity contribution in [1.82, 2.24) is 4.98 Å². The van der Waals surface area contributed by atoms with Gasteiger partial charge in [-0.05, 0) is 35.9 Å². The summed E-state index contributed by atoms with van der Waals surface area (Å²) in [5.74, 6) is 0.308. The predicted octanol–water partition coefficient (Wildman–Crippen LogP) is 4.27. The third-order valence-electron chi connectivity index (χ3n) is 4.21. The molecule has 1 unspecified atom stereocenters. The van der Waals surface area contributed by atoms with E-state index in [0.717, 1.165) is 17.3 Å². The predicted molar refractivity (Wildman–Crippen MR) is 103 cm³/mol. The lowest BCUT2D eigenvalue weighted by Crippen LogP contribution is -2.08. The van der Waals surface area contributed by atoms with Crippen LogP contribution in [0.25, 0.3) is 11.3 Å². The van der Waals surface area contributed by atoms with Crippen molar-refractivity contribution in [2.75, 3.05) is 6.79 Å². The van der Waals surface area contributed by atoms with Crippen molar-refractivity contribution in [3.8, 4) is 28.8 Å². The third-order valence-corrected chi connectivity index (χ3v) is 5.45. The van der Waals surface area contributed by atoms with Gasteiger partial charge in [0.1, 0.15) is 16.3 Å². The molecule has 7 heteroatoms. The fraction of sp³-hybridized carbons (Fsp3) is 0.0952. The zero-order chi connectivity index (χ0) is 19.5. The molecule has 4 rings (SSSR count). The topological polar surface area (TPSA) is 92.4 Å². The zero-order valence-electron chi connectivity index (χ0n) is 14.5. The van der Waals surface area contributed by atoms with Gasteiger partial charge in [0.05, 0.1) is 11.3 Å². The number of carboxylic acids is 1. The molecule has 2 heterocycles. The van der Waals surface area contributed by atoms with Crippen molar-refractivity contribution >= 4 is 17.7 Å². The van der Waals surface area contributed by atoms with E-state index in [1.54, 1.807) is 42.5 Å². The molecule has 0 saturated heterocycles. The summed E-state index contributed by atoms with van der Waals surface area (Å²) in [6, 6.07) is 19.8. The van der Waals surface area contributed by atoms with Crippen molar-refractivity contribution in [2.45, 2.75) is 10.3 Å². The van der Waals surface area contributed by atoms with E-state index in [1.807, 2.05) is 18.2 Å².